The molecule has 1 aromatic rings. The van der Waals surface area contributed by atoms with Gasteiger partial charge in [0.2, 0.25) is 0 Å². The quantitative estimate of drug-likeness (QED) is 0.776. The summed E-state index contributed by atoms with van der Waals surface area (Å²) in [6.45, 7) is 3.54. The van der Waals surface area contributed by atoms with Gasteiger partial charge in [-0.2, -0.15) is 0 Å². The third kappa shape index (κ3) is 2.68. The average Bonchev–Trinajstić information content (AvgIpc) is 2.57. The first-order valence-corrected chi connectivity index (χ1v) is 5.77. The number of nitrogens with zero attached hydrogens (tertiary/aromatic N) is 2. The molecule has 2 N–H and O–H groups in total. The van der Waals surface area contributed by atoms with Crippen molar-refractivity contribution >= 4 is 22.9 Å². The molecule has 1 aliphatic heterocycles. The van der Waals surface area contributed by atoms with Crippen molar-refractivity contribution in [1.82, 2.24) is 4.98 Å². The molecular weight excluding hydrogens is 222 g/mol. The van der Waals surface area contributed by atoms with Gasteiger partial charge in [0, 0.05) is 19.7 Å². The Morgan fingerprint density at radius 1 is 1.38 bits per heavy atom. The van der Waals surface area contributed by atoms with E-state index in [2.05, 4.69) is 9.88 Å². The van der Waals surface area contributed by atoms with E-state index in [1.54, 1.807) is 0 Å². The summed E-state index contributed by atoms with van der Waals surface area (Å²) in [6, 6.07) is 3.87. The average molecular weight is 237 g/mol. The Morgan fingerprint density at radius 2 is 2.25 bits per heavy atom. The van der Waals surface area contributed by atoms with Crippen LogP contribution in [0, 0.1) is 0 Å². The van der Waals surface area contributed by atoms with E-state index in [4.69, 9.17) is 22.7 Å². The van der Waals surface area contributed by atoms with E-state index < -0.39 is 0 Å². The molecule has 5 heteroatoms. The van der Waals surface area contributed by atoms with Gasteiger partial charge in [0.25, 0.3) is 0 Å². The van der Waals surface area contributed by atoms with Gasteiger partial charge < -0.3 is 15.4 Å². The molecule has 0 amide bonds. The van der Waals surface area contributed by atoms with E-state index in [0.717, 1.165) is 38.4 Å². The van der Waals surface area contributed by atoms with Crippen LogP contribution in [0.15, 0.2) is 18.3 Å². The predicted octanol–water partition coefficient (Wildman–Crippen LogP) is 0.942. The second kappa shape index (κ2) is 5.23. The third-order valence-electron chi connectivity index (χ3n) is 2.59. The third-order valence-corrected chi connectivity index (χ3v) is 2.80. The monoisotopic (exact) mass is 237 g/mol. The van der Waals surface area contributed by atoms with Crippen molar-refractivity contribution in [1.29, 1.82) is 0 Å². The number of thiocarbonyl (C=S) groups is 1. The Morgan fingerprint density at radius 3 is 2.94 bits per heavy atom. The Bertz CT molecular complexity index is 358. The summed E-state index contributed by atoms with van der Waals surface area (Å²) in [6.07, 6.45) is 2.87. The minimum absolute atomic E-state index is 0.339. The van der Waals surface area contributed by atoms with Crippen molar-refractivity contribution in [2.24, 2.45) is 5.73 Å². The number of aromatic nitrogens is 1. The molecule has 0 bridgehead atoms. The van der Waals surface area contributed by atoms with Gasteiger partial charge in [-0.1, -0.05) is 12.2 Å². The summed E-state index contributed by atoms with van der Waals surface area (Å²) < 4.78 is 5.41. The molecule has 0 aromatic carbocycles. The fourth-order valence-corrected chi connectivity index (χ4v) is 1.84. The molecule has 0 spiro atoms. The lowest BCUT2D eigenvalue weighted by atomic mass is 10.3. The molecule has 1 aliphatic rings. The van der Waals surface area contributed by atoms with Crippen LogP contribution >= 0.6 is 12.2 Å². The fourth-order valence-electron chi connectivity index (χ4n) is 1.72. The summed E-state index contributed by atoms with van der Waals surface area (Å²) >= 11 is 4.87. The van der Waals surface area contributed by atoms with Gasteiger partial charge in [0.15, 0.2) is 0 Å². The molecular formula is C11H15N3OS. The second-order valence-corrected chi connectivity index (χ2v) is 4.16. The molecule has 1 fully saturated rings. The van der Waals surface area contributed by atoms with Crippen LogP contribution < -0.4 is 10.6 Å². The smallest absolute Gasteiger partial charge is 0.122 e. The predicted molar refractivity (Wildman–Crippen MR) is 67.8 cm³/mol. The van der Waals surface area contributed by atoms with Crippen molar-refractivity contribution in [3.63, 3.8) is 0 Å². The van der Waals surface area contributed by atoms with Crippen LogP contribution in [-0.4, -0.2) is 36.3 Å². The van der Waals surface area contributed by atoms with Crippen molar-refractivity contribution in [3.05, 3.63) is 24.0 Å². The summed E-state index contributed by atoms with van der Waals surface area (Å²) in [5.41, 5.74) is 7.28. The molecule has 2 rings (SSSR count). The molecule has 86 valence electrons. The highest BCUT2D eigenvalue weighted by atomic mass is 32.1. The van der Waals surface area contributed by atoms with Gasteiger partial charge in [-0.15, -0.1) is 0 Å². The highest BCUT2D eigenvalue weighted by molar-refractivity contribution is 7.80. The fraction of sp³-hybridized carbons (Fsp3) is 0.455. The molecule has 2 heterocycles. The molecule has 0 atom stereocenters. The second-order valence-electron chi connectivity index (χ2n) is 3.72. The number of nitrogens with two attached hydrogens (primary N) is 1. The zero-order chi connectivity index (χ0) is 11.4. The number of hydrogen-bond acceptors (Lipinski definition) is 4. The van der Waals surface area contributed by atoms with E-state index >= 15 is 0 Å². The molecule has 16 heavy (non-hydrogen) atoms. The van der Waals surface area contributed by atoms with E-state index in [9.17, 15) is 0 Å². The largest absolute Gasteiger partial charge is 0.388 e. The van der Waals surface area contributed by atoms with Crippen LogP contribution in [0.3, 0.4) is 0 Å². The number of rotatable bonds is 2. The lowest BCUT2D eigenvalue weighted by Gasteiger charge is -2.21. The molecule has 4 nitrogen and oxygen atoms in total. The van der Waals surface area contributed by atoms with Gasteiger partial charge >= 0.3 is 0 Å². The molecule has 0 unspecified atom stereocenters. The normalized spacial score (nSPS) is 16.9. The molecule has 0 aliphatic carbocycles. The highest BCUT2D eigenvalue weighted by Crippen LogP contribution is 2.14. The molecule has 0 saturated carbocycles. The van der Waals surface area contributed by atoms with Crippen LogP contribution in [0.4, 0.5) is 5.69 Å². The number of anilines is 1. The van der Waals surface area contributed by atoms with Gasteiger partial charge in [-0.3, -0.25) is 4.98 Å². The Hall–Kier alpha value is -1.20. The zero-order valence-corrected chi connectivity index (χ0v) is 9.87. The molecule has 1 saturated heterocycles. The minimum atomic E-state index is 0.339. The maximum absolute atomic E-state index is 5.50. The first-order chi connectivity index (χ1) is 7.77. The van der Waals surface area contributed by atoms with E-state index in [-0.39, 0.29) is 0 Å². The maximum Gasteiger partial charge on any atom is 0.122 e. The standard InChI is InChI=1S/C11H15N3OS/c12-11(16)10-3-2-9(8-13-10)14-4-1-6-15-7-5-14/h2-3,8H,1,4-7H2,(H2,12,16). The number of ether oxygens (including phenoxy) is 1. The number of pyridine rings is 1. The van der Waals surface area contributed by atoms with Gasteiger partial charge in [0.05, 0.1) is 24.2 Å². The lowest BCUT2D eigenvalue weighted by molar-refractivity contribution is 0.152. The van der Waals surface area contributed by atoms with Crippen LogP contribution in [0.5, 0.6) is 0 Å². The Balaban J connectivity index is 2.10. The number of hydrogen-bond donors (Lipinski definition) is 1. The van der Waals surface area contributed by atoms with Crippen molar-refractivity contribution < 1.29 is 4.74 Å². The van der Waals surface area contributed by atoms with Gasteiger partial charge in [0.1, 0.15) is 4.99 Å². The molecule has 0 radical (unpaired) electrons. The van der Waals surface area contributed by atoms with Crippen LogP contribution in [-0.2, 0) is 4.74 Å². The van der Waals surface area contributed by atoms with Crippen LogP contribution in [0.25, 0.3) is 0 Å². The van der Waals surface area contributed by atoms with E-state index in [1.807, 2.05) is 18.3 Å². The topological polar surface area (TPSA) is 51.4 Å². The SMILES string of the molecule is NC(=S)c1ccc(N2CCCOCC2)cn1. The summed E-state index contributed by atoms with van der Waals surface area (Å²) in [7, 11) is 0. The summed E-state index contributed by atoms with van der Waals surface area (Å²) in [5, 5.41) is 0. The van der Waals surface area contributed by atoms with Crippen molar-refractivity contribution in [2.45, 2.75) is 6.42 Å². The first-order valence-electron chi connectivity index (χ1n) is 5.36. The molecule has 1 aromatic heterocycles. The zero-order valence-electron chi connectivity index (χ0n) is 9.06. The first kappa shape index (κ1) is 11.3. The van der Waals surface area contributed by atoms with E-state index in [1.165, 1.54) is 0 Å². The van der Waals surface area contributed by atoms with Crippen molar-refractivity contribution in [3.8, 4) is 0 Å². The van der Waals surface area contributed by atoms with Crippen LogP contribution in [0.1, 0.15) is 12.1 Å². The van der Waals surface area contributed by atoms with Crippen LogP contribution in [0.2, 0.25) is 0 Å². The van der Waals surface area contributed by atoms with Gasteiger partial charge in [-0.05, 0) is 18.6 Å². The van der Waals surface area contributed by atoms with Gasteiger partial charge in [-0.25, -0.2) is 0 Å². The maximum atomic E-state index is 5.50. The van der Waals surface area contributed by atoms with Crippen molar-refractivity contribution in [2.75, 3.05) is 31.2 Å². The van der Waals surface area contributed by atoms with E-state index in [0.29, 0.717) is 10.7 Å². The minimum Gasteiger partial charge on any atom is -0.388 e. The highest BCUT2D eigenvalue weighted by Gasteiger charge is 2.10. The summed E-state index contributed by atoms with van der Waals surface area (Å²) in [5.74, 6) is 0. The Kier molecular flexibility index (Phi) is 3.69. The summed E-state index contributed by atoms with van der Waals surface area (Å²) in [4.78, 5) is 6.84. The Labute approximate surface area is 100 Å². The lowest BCUT2D eigenvalue weighted by Crippen LogP contribution is -2.26.